The van der Waals surface area contributed by atoms with Gasteiger partial charge in [0, 0.05) is 10.5 Å². The van der Waals surface area contributed by atoms with Gasteiger partial charge >= 0.3 is 0 Å². The van der Waals surface area contributed by atoms with Gasteiger partial charge in [-0.25, -0.2) is 0 Å². The highest BCUT2D eigenvalue weighted by atomic mass is 79.9. The lowest BCUT2D eigenvalue weighted by atomic mass is 9.82. The first-order valence-corrected chi connectivity index (χ1v) is 6.20. The van der Waals surface area contributed by atoms with Gasteiger partial charge < -0.3 is 10.1 Å². The van der Waals surface area contributed by atoms with Crippen molar-refractivity contribution in [3.8, 4) is 5.75 Å². The van der Waals surface area contributed by atoms with Crippen LogP contribution in [0.3, 0.4) is 0 Å². The average Bonchev–Trinajstić information content (AvgIpc) is 2.20. The van der Waals surface area contributed by atoms with Crippen LogP contribution in [0.1, 0.15) is 32.4 Å². The molecular formula is C13H20BrNO. The van der Waals surface area contributed by atoms with Crippen LogP contribution in [0.4, 0.5) is 0 Å². The molecule has 0 heterocycles. The number of benzene rings is 1. The molecule has 1 aromatic rings. The van der Waals surface area contributed by atoms with E-state index in [0.29, 0.717) is 0 Å². The summed E-state index contributed by atoms with van der Waals surface area (Å²) in [5, 5.41) is 3.36. The Labute approximate surface area is 107 Å². The quantitative estimate of drug-likeness (QED) is 0.913. The van der Waals surface area contributed by atoms with Crippen molar-refractivity contribution in [3.63, 3.8) is 0 Å². The van der Waals surface area contributed by atoms with Gasteiger partial charge in [0.2, 0.25) is 0 Å². The summed E-state index contributed by atoms with van der Waals surface area (Å²) in [5.41, 5.74) is 1.39. The second-order valence-corrected chi connectivity index (χ2v) is 5.83. The Morgan fingerprint density at radius 1 is 1.31 bits per heavy atom. The topological polar surface area (TPSA) is 21.3 Å². The van der Waals surface area contributed by atoms with E-state index in [1.807, 2.05) is 19.2 Å². The Bertz CT molecular complexity index is 357. The lowest BCUT2D eigenvalue weighted by Gasteiger charge is -2.31. The molecule has 0 aromatic heterocycles. The molecule has 16 heavy (non-hydrogen) atoms. The van der Waals surface area contributed by atoms with Gasteiger partial charge in [0.1, 0.15) is 5.75 Å². The summed E-state index contributed by atoms with van der Waals surface area (Å²) in [6.45, 7) is 6.67. The molecule has 0 aliphatic heterocycles. The second kappa shape index (κ2) is 5.19. The molecule has 0 aliphatic rings. The molecule has 1 N–H and O–H groups in total. The third kappa shape index (κ3) is 2.98. The molecule has 1 atom stereocenters. The van der Waals surface area contributed by atoms with E-state index in [2.05, 4.69) is 48.1 Å². The molecule has 0 radical (unpaired) electrons. The van der Waals surface area contributed by atoms with Crippen molar-refractivity contribution in [1.82, 2.24) is 5.32 Å². The fourth-order valence-electron chi connectivity index (χ4n) is 1.93. The van der Waals surface area contributed by atoms with Gasteiger partial charge in [0.05, 0.1) is 7.11 Å². The Hall–Kier alpha value is -0.540. The molecule has 0 spiro atoms. The molecule has 2 nitrogen and oxygen atoms in total. The molecule has 0 aliphatic carbocycles. The molecule has 0 fully saturated rings. The van der Waals surface area contributed by atoms with Crippen molar-refractivity contribution >= 4 is 15.9 Å². The maximum absolute atomic E-state index is 5.27. The molecule has 0 bridgehead atoms. The van der Waals surface area contributed by atoms with E-state index < -0.39 is 0 Å². The zero-order chi connectivity index (χ0) is 12.3. The van der Waals surface area contributed by atoms with Gasteiger partial charge in [0.25, 0.3) is 0 Å². The summed E-state index contributed by atoms with van der Waals surface area (Å²) >= 11 is 3.60. The van der Waals surface area contributed by atoms with E-state index >= 15 is 0 Å². The maximum Gasteiger partial charge on any atom is 0.119 e. The van der Waals surface area contributed by atoms with Crippen molar-refractivity contribution in [2.24, 2.45) is 5.41 Å². The summed E-state index contributed by atoms with van der Waals surface area (Å²) in [4.78, 5) is 0. The summed E-state index contributed by atoms with van der Waals surface area (Å²) < 4.78 is 6.38. The van der Waals surface area contributed by atoms with Gasteiger partial charge in [-0.3, -0.25) is 0 Å². The number of halogens is 1. The molecule has 1 rings (SSSR count). The Morgan fingerprint density at radius 3 is 2.38 bits per heavy atom. The smallest absolute Gasteiger partial charge is 0.119 e. The summed E-state index contributed by atoms with van der Waals surface area (Å²) in [5.74, 6) is 0.891. The molecule has 0 amide bonds. The molecule has 0 saturated carbocycles. The van der Waals surface area contributed by atoms with Crippen LogP contribution in [0.25, 0.3) is 0 Å². The minimum Gasteiger partial charge on any atom is -0.497 e. The number of nitrogens with one attached hydrogen (secondary N) is 1. The van der Waals surface area contributed by atoms with Gasteiger partial charge in [-0.2, -0.15) is 0 Å². The van der Waals surface area contributed by atoms with Crippen LogP contribution < -0.4 is 10.1 Å². The number of hydrogen-bond acceptors (Lipinski definition) is 2. The number of methoxy groups -OCH3 is 1. The van der Waals surface area contributed by atoms with Crippen LogP contribution in [0.15, 0.2) is 22.7 Å². The largest absolute Gasteiger partial charge is 0.497 e. The maximum atomic E-state index is 5.27. The Morgan fingerprint density at radius 2 is 1.94 bits per heavy atom. The van der Waals surface area contributed by atoms with Crippen LogP contribution in [0.5, 0.6) is 5.75 Å². The zero-order valence-electron chi connectivity index (χ0n) is 10.6. The number of hydrogen-bond donors (Lipinski definition) is 1. The van der Waals surface area contributed by atoms with Gasteiger partial charge in [-0.15, -0.1) is 0 Å². The van der Waals surface area contributed by atoms with Gasteiger partial charge in [-0.1, -0.05) is 36.7 Å². The first kappa shape index (κ1) is 13.5. The predicted molar refractivity (Wildman–Crippen MR) is 71.9 cm³/mol. The van der Waals surface area contributed by atoms with E-state index in [4.69, 9.17) is 4.74 Å². The van der Waals surface area contributed by atoms with E-state index in [9.17, 15) is 0 Å². The van der Waals surface area contributed by atoms with Crippen molar-refractivity contribution in [1.29, 1.82) is 0 Å². The zero-order valence-corrected chi connectivity index (χ0v) is 12.2. The van der Waals surface area contributed by atoms with E-state index in [1.54, 1.807) is 7.11 Å². The number of ether oxygens (including phenoxy) is 1. The standard InChI is InChI=1S/C13H20BrNO/c1-13(2,3)12(15-4)10-8-9(16-5)6-7-11(10)14/h6-8,12,15H,1-5H3. The fourth-order valence-corrected chi connectivity index (χ4v) is 2.40. The first-order chi connectivity index (χ1) is 7.40. The third-order valence-corrected chi connectivity index (χ3v) is 3.39. The lowest BCUT2D eigenvalue weighted by Crippen LogP contribution is -2.29. The first-order valence-electron chi connectivity index (χ1n) is 5.41. The molecule has 1 unspecified atom stereocenters. The van der Waals surface area contributed by atoms with Crippen LogP contribution >= 0.6 is 15.9 Å². The molecule has 3 heteroatoms. The Balaban J connectivity index is 3.18. The normalized spacial score (nSPS) is 13.6. The summed E-state index contributed by atoms with van der Waals surface area (Å²) in [6, 6.07) is 6.36. The van der Waals surface area contributed by atoms with Gasteiger partial charge in [-0.05, 0) is 36.2 Å². The van der Waals surface area contributed by atoms with Crippen molar-refractivity contribution in [3.05, 3.63) is 28.2 Å². The highest BCUT2D eigenvalue weighted by Gasteiger charge is 2.26. The minimum atomic E-state index is 0.156. The van der Waals surface area contributed by atoms with Crippen molar-refractivity contribution in [2.75, 3.05) is 14.2 Å². The molecule has 0 saturated heterocycles. The van der Waals surface area contributed by atoms with Crippen LogP contribution in [0.2, 0.25) is 0 Å². The van der Waals surface area contributed by atoms with Crippen molar-refractivity contribution in [2.45, 2.75) is 26.8 Å². The third-order valence-electron chi connectivity index (χ3n) is 2.67. The number of rotatable bonds is 3. The molecule has 90 valence electrons. The molecule has 1 aromatic carbocycles. The van der Waals surface area contributed by atoms with Crippen LogP contribution in [0, 0.1) is 5.41 Å². The van der Waals surface area contributed by atoms with Crippen LogP contribution in [-0.4, -0.2) is 14.2 Å². The van der Waals surface area contributed by atoms with Crippen LogP contribution in [-0.2, 0) is 0 Å². The average molecular weight is 286 g/mol. The lowest BCUT2D eigenvalue weighted by molar-refractivity contribution is 0.285. The van der Waals surface area contributed by atoms with E-state index in [-0.39, 0.29) is 11.5 Å². The Kier molecular flexibility index (Phi) is 4.39. The highest BCUT2D eigenvalue weighted by Crippen LogP contribution is 2.37. The second-order valence-electron chi connectivity index (χ2n) is 4.98. The SMILES string of the molecule is CNC(c1cc(OC)ccc1Br)C(C)(C)C. The summed E-state index contributed by atoms with van der Waals surface area (Å²) in [6.07, 6.45) is 0. The summed E-state index contributed by atoms with van der Waals surface area (Å²) in [7, 11) is 3.68. The highest BCUT2D eigenvalue weighted by molar-refractivity contribution is 9.10. The van der Waals surface area contributed by atoms with E-state index in [1.165, 1.54) is 5.56 Å². The monoisotopic (exact) mass is 285 g/mol. The predicted octanol–water partition coefficient (Wildman–Crippen LogP) is 3.76. The minimum absolute atomic E-state index is 0.156. The fraction of sp³-hybridized carbons (Fsp3) is 0.538. The molecular weight excluding hydrogens is 266 g/mol. The van der Waals surface area contributed by atoms with E-state index in [0.717, 1.165) is 10.2 Å². The van der Waals surface area contributed by atoms with Crippen molar-refractivity contribution < 1.29 is 4.74 Å². The van der Waals surface area contributed by atoms with Gasteiger partial charge in [0.15, 0.2) is 0 Å².